The molecule has 25 heavy (non-hydrogen) atoms. The number of benzene rings is 2. The number of aryl methyl sites for hydroxylation is 2. The van der Waals surface area contributed by atoms with Gasteiger partial charge < -0.3 is 5.11 Å². The molecule has 0 amide bonds. The van der Waals surface area contributed by atoms with Crippen molar-refractivity contribution in [3.8, 4) is 5.75 Å². The van der Waals surface area contributed by atoms with Crippen molar-refractivity contribution in [3.05, 3.63) is 58.4 Å². The Hall–Kier alpha value is -1.73. The van der Waals surface area contributed by atoms with Crippen molar-refractivity contribution < 1.29 is 9.50 Å². The Balaban J connectivity index is 2.56. The van der Waals surface area contributed by atoms with Gasteiger partial charge in [-0.15, -0.1) is 0 Å². The molecule has 2 aromatic rings. The van der Waals surface area contributed by atoms with E-state index in [1.54, 1.807) is 13.3 Å². The average Bonchev–Trinajstić information content (AvgIpc) is 2.54. The summed E-state index contributed by atoms with van der Waals surface area (Å²) in [4.78, 5) is 4.07. The zero-order valence-electron chi connectivity index (χ0n) is 15.7. The Morgan fingerprint density at radius 3 is 2.60 bits per heavy atom. The van der Waals surface area contributed by atoms with Crippen molar-refractivity contribution in [2.75, 3.05) is 7.05 Å². The number of halogens is 1. The van der Waals surface area contributed by atoms with Gasteiger partial charge in [-0.25, -0.2) is 4.39 Å². The smallest absolute Gasteiger partial charge is 0.123 e. The SMILES string of the molecule is CCCC(C)(Pc1ccc(F)cc1C=NC)c1cc(C)cc(C)c1O. The third-order valence-corrected chi connectivity index (χ3v) is 6.28. The van der Waals surface area contributed by atoms with Crippen LogP contribution in [0, 0.1) is 19.7 Å². The molecule has 0 radical (unpaired) electrons. The molecule has 2 nitrogen and oxygen atoms in total. The van der Waals surface area contributed by atoms with Gasteiger partial charge in [0.15, 0.2) is 0 Å². The van der Waals surface area contributed by atoms with Crippen molar-refractivity contribution in [1.82, 2.24) is 0 Å². The third-order valence-electron chi connectivity index (χ3n) is 4.48. The minimum atomic E-state index is -0.255. The molecule has 0 aliphatic rings. The van der Waals surface area contributed by atoms with Gasteiger partial charge in [0.1, 0.15) is 11.6 Å². The quantitative estimate of drug-likeness (QED) is 0.557. The van der Waals surface area contributed by atoms with E-state index in [1.807, 2.05) is 19.1 Å². The van der Waals surface area contributed by atoms with Crippen LogP contribution in [0.4, 0.5) is 4.39 Å². The molecule has 0 saturated heterocycles. The van der Waals surface area contributed by atoms with Crippen molar-refractivity contribution in [2.24, 2.45) is 4.99 Å². The number of aliphatic imine (C=N–C) groups is 1. The Morgan fingerprint density at radius 1 is 1.24 bits per heavy atom. The summed E-state index contributed by atoms with van der Waals surface area (Å²) in [5, 5.41) is 11.6. The highest BCUT2D eigenvalue weighted by Gasteiger charge is 2.30. The predicted molar refractivity (Wildman–Crippen MR) is 108 cm³/mol. The number of phenols is 1. The van der Waals surface area contributed by atoms with Crippen LogP contribution in [0.1, 0.15) is 48.9 Å². The van der Waals surface area contributed by atoms with E-state index in [-0.39, 0.29) is 11.0 Å². The van der Waals surface area contributed by atoms with Gasteiger partial charge in [0.05, 0.1) is 0 Å². The van der Waals surface area contributed by atoms with E-state index in [2.05, 4.69) is 31.8 Å². The fourth-order valence-corrected chi connectivity index (χ4v) is 5.08. The maximum absolute atomic E-state index is 13.6. The Bertz CT molecular complexity index is 788. The van der Waals surface area contributed by atoms with Crippen LogP contribution in [0.5, 0.6) is 5.75 Å². The summed E-state index contributed by atoms with van der Waals surface area (Å²) in [7, 11) is 2.10. The molecule has 4 heteroatoms. The summed E-state index contributed by atoms with van der Waals surface area (Å²) in [6.07, 6.45) is 3.66. The molecule has 2 atom stereocenters. The van der Waals surface area contributed by atoms with E-state index in [9.17, 15) is 9.50 Å². The summed E-state index contributed by atoms with van der Waals surface area (Å²) in [5.74, 6) is 0.122. The van der Waals surface area contributed by atoms with Crippen molar-refractivity contribution >= 4 is 20.1 Å². The Morgan fingerprint density at radius 2 is 1.96 bits per heavy atom. The maximum Gasteiger partial charge on any atom is 0.123 e. The van der Waals surface area contributed by atoms with E-state index in [1.165, 1.54) is 12.1 Å². The number of phenolic OH excluding ortho intramolecular Hbond substituents is 1. The average molecular weight is 359 g/mol. The van der Waals surface area contributed by atoms with E-state index in [0.717, 1.165) is 40.4 Å². The van der Waals surface area contributed by atoms with Crippen LogP contribution < -0.4 is 5.30 Å². The lowest BCUT2D eigenvalue weighted by atomic mass is 9.91. The van der Waals surface area contributed by atoms with Gasteiger partial charge in [-0.1, -0.05) is 52.6 Å². The molecule has 0 aliphatic heterocycles. The molecule has 0 bridgehead atoms. The lowest BCUT2D eigenvalue weighted by molar-refractivity contribution is 0.449. The minimum absolute atomic E-state index is 0.205. The standard InChI is InChI=1S/C21H27FNOP/c1-6-9-21(4,18-11-14(2)10-15(3)20(18)24)25-19-8-7-17(22)12-16(19)13-23-5/h7-8,10-13,24-25H,6,9H2,1-5H3. The van der Waals surface area contributed by atoms with E-state index in [4.69, 9.17) is 0 Å². The number of nitrogens with zero attached hydrogens (tertiary/aromatic N) is 1. The van der Waals surface area contributed by atoms with Crippen LogP contribution in [0.3, 0.4) is 0 Å². The number of hydrogen-bond donors (Lipinski definition) is 1. The second-order valence-electron chi connectivity index (χ2n) is 6.80. The van der Waals surface area contributed by atoms with Crippen LogP contribution in [-0.4, -0.2) is 18.4 Å². The second kappa shape index (κ2) is 8.10. The molecule has 0 fully saturated rings. The molecule has 0 saturated carbocycles. The van der Waals surface area contributed by atoms with E-state index < -0.39 is 0 Å². The zero-order chi connectivity index (χ0) is 18.6. The summed E-state index contributed by atoms with van der Waals surface area (Å²) < 4.78 is 13.6. The van der Waals surface area contributed by atoms with E-state index in [0.29, 0.717) is 14.3 Å². The molecule has 0 aromatic heterocycles. The van der Waals surface area contributed by atoms with Gasteiger partial charge in [-0.05, 0) is 43.3 Å². The molecule has 0 spiro atoms. The summed E-state index contributed by atoms with van der Waals surface area (Å²) in [5.41, 5.74) is 3.84. The van der Waals surface area contributed by atoms with E-state index >= 15 is 0 Å². The predicted octanol–water partition coefficient (Wildman–Crippen LogP) is 5.22. The second-order valence-corrected chi connectivity index (χ2v) is 8.70. The fraction of sp³-hybridized carbons (Fsp3) is 0.381. The molecule has 0 aliphatic carbocycles. The summed E-state index contributed by atoms with van der Waals surface area (Å²) in [6.45, 7) is 8.34. The zero-order valence-corrected chi connectivity index (χ0v) is 16.7. The van der Waals surface area contributed by atoms with Gasteiger partial charge in [0, 0.05) is 29.5 Å². The van der Waals surface area contributed by atoms with Gasteiger partial charge >= 0.3 is 0 Å². The normalized spacial score (nSPS) is 14.5. The van der Waals surface area contributed by atoms with Gasteiger partial charge in [0.25, 0.3) is 0 Å². The van der Waals surface area contributed by atoms with Gasteiger partial charge in [-0.3, -0.25) is 4.99 Å². The van der Waals surface area contributed by atoms with Crippen LogP contribution in [0.2, 0.25) is 0 Å². The highest BCUT2D eigenvalue weighted by Crippen LogP contribution is 2.49. The van der Waals surface area contributed by atoms with Gasteiger partial charge in [-0.2, -0.15) is 0 Å². The first-order valence-electron chi connectivity index (χ1n) is 8.61. The van der Waals surface area contributed by atoms with Gasteiger partial charge in [0.2, 0.25) is 0 Å². The molecular weight excluding hydrogens is 332 g/mol. The van der Waals surface area contributed by atoms with Crippen LogP contribution in [-0.2, 0) is 5.16 Å². The van der Waals surface area contributed by atoms with Crippen LogP contribution in [0.25, 0.3) is 0 Å². The molecule has 2 rings (SSSR count). The lowest BCUT2D eigenvalue weighted by Crippen LogP contribution is -2.21. The molecule has 134 valence electrons. The van der Waals surface area contributed by atoms with Crippen LogP contribution in [0.15, 0.2) is 35.3 Å². The largest absolute Gasteiger partial charge is 0.507 e. The Labute approximate surface area is 152 Å². The highest BCUT2D eigenvalue weighted by molar-refractivity contribution is 7.48. The Kier molecular flexibility index (Phi) is 6.35. The molecule has 1 N–H and O–H groups in total. The highest BCUT2D eigenvalue weighted by atomic mass is 31.1. The summed E-state index contributed by atoms with van der Waals surface area (Å²) >= 11 is 0. The third kappa shape index (κ3) is 4.46. The molecule has 0 heterocycles. The first-order chi connectivity index (χ1) is 11.8. The van der Waals surface area contributed by atoms with Crippen LogP contribution >= 0.6 is 8.58 Å². The number of aromatic hydroxyl groups is 1. The first-order valence-corrected chi connectivity index (χ1v) is 9.61. The monoisotopic (exact) mass is 359 g/mol. The number of rotatable bonds is 6. The molecule has 2 unspecified atom stereocenters. The molecular formula is C21H27FNOP. The maximum atomic E-state index is 13.6. The minimum Gasteiger partial charge on any atom is -0.507 e. The topological polar surface area (TPSA) is 32.6 Å². The fourth-order valence-electron chi connectivity index (χ4n) is 3.34. The van der Waals surface area contributed by atoms with Crippen molar-refractivity contribution in [3.63, 3.8) is 0 Å². The lowest BCUT2D eigenvalue weighted by Gasteiger charge is -2.32. The van der Waals surface area contributed by atoms with Crippen molar-refractivity contribution in [2.45, 2.75) is 45.7 Å². The summed E-state index contributed by atoms with van der Waals surface area (Å²) in [6, 6.07) is 8.97. The first kappa shape index (κ1) is 19.6. The number of hydrogen-bond acceptors (Lipinski definition) is 2. The van der Waals surface area contributed by atoms with Crippen molar-refractivity contribution in [1.29, 1.82) is 0 Å². The molecule has 2 aromatic carbocycles.